The molecule has 188 valence electrons. The Balaban J connectivity index is 2.06. The van der Waals surface area contributed by atoms with Gasteiger partial charge >= 0.3 is 5.97 Å². The van der Waals surface area contributed by atoms with Crippen molar-refractivity contribution in [1.29, 1.82) is 0 Å². The van der Waals surface area contributed by atoms with Crippen LogP contribution in [0.25, 0.3) is 0 Å². The molecule has 2 rings (SSSR count). The highest BCUT2D eigenvalue weighted by molar-refractivity contribution is 14.1. The van der Waals surface area contributed by atoms with Crippen LogP contribution in [0.4, 0.5) is 0 Å². The highest BCUT2D eigenvalue weighted by atomic mass is 127. The SMILES string of the molecule is CCOC(=O)COc1c(I)cc(/C=N/NC(=O)C(NC(=O)c2ccc(C)cc2)C(C)C)cc1OC. The van der Waals surface area contributed by atoms with Gasteiger partial charge in [0, 0.05) is 5.56 Å². The number of rotatable bonds is 11. The van der Waals surface area contributed by atoms with E-state index in [2.05, 4.69) is 38.4 Å². The molecule has 0 spiro atoms. The quantitative estimate of drug-likeness (QED) is 0.178. The molecule has 0 aliphatic carbocycles. The van der Waals surface area contributed by atoms with Crippen LogP contribution in [-0.2, 0) is 14.3 Å². The van der Waals surface area contributed by atoms with E-state index in [1.54, 1.807) is 31.2 Å². The van der Waals surface area contributed by atoms with E-state index in [1.165, 1.54) is 13.3 Å². The van der Waals surface area contributed by atoms with Gasteiger partial charge in [-0.05, 0) is 72.2 Å². The number of nitrogens with one attached hydrogen (secondary N) is 2. The summed E-state index contributed by atoms with van der Waals surface area (Å²) in [5.74, 6) is -0.599. The lowest BCUT2D eigenvalue weighted by molar-refractivity contribution is -0.145. The summed E-state index contributed by atoms with van der Waals surface area (Å²) < 4.78 is 16.5. The molecule has 0 aliphatic rings. The van der Waals surface area contributed by atoms with Crippen LogP contribution >= 0.6 is 22.6 Å². The largest absolute Gasteiger partial charge is 0.493 e. The number of carbonyl (C=O) groups excluding carboxylic acids is 3. The number of carbonyl (C=O) groups is 3. The highest BCUT2D eigenvalue weighted by Crippen LogP contribution is 2.33. The fourth-order valence-corrected chi connectivity index (χ4v) is 3.77. The van der Waals surface area contributed by atoms with Crippen molar-refractivity contribution in [3.05, 3.63) is 56.7 Å². The van der Waals surface area contributed by atoms with Crippen LogP contribution < -0.4 is 20.2 Å². The van der Waals surface area contributed by atoms with Gasteiger partial charge in [-0.25, -0.2) is 10.2 Å². The van der Waals surface area contributed by atoms with Crippen molar-refractivity contribution in [3.8, 4) is 11.5 Å². The van der Waals surface area contributed by atoms with Gasteiger partial charge in [-0.1, -0.05) is 31.5 Å². The molecule has 0 radical (unpaired) electrons. The number of halogens is 1. The third-order valence-electron chi connectivity index (χ3n) is 4.83. The summed E-state index contributed by atoms with van der Waals surface area (Å²) in [6, 6.07) is 9.77. The fraction of sp³-hybridized carbons (Fsp3) is 0.360. The molecule has 2 amide bonds. The Bertz CT molecular complexity index is 1070. The van der Waals surface area contributed by atoms with E-state index in [-0.39, 0.29) is 25.0 Å². The molecular weight excluding hydrogens is 565 g/mol. The molecule has 1 unspecified atom stereocenters. The van der Waals surface area contributed by atoms with E-state index in [1.807, 2.05) is 32.9 Å². The molecule has 9 nitrogen and oxygen atoms in total. The predicted molar refractivity (Wildman–Crippen MR) is 141 cm³/mol. The number of esters is 1. The number of methoxy groups -OCH3 is 1. The summed E-state index contributed by atoms with van der Waals surface area (Å²) >= 11 is 2.05. The van der Waals surface area contributed by atoms with Gasteiger partial charge in [-0.3, -0.25) is 9.59 Å². The molecule has 0 saturated heterocycles. The molecular formula is C25H30IN3O6. The maximum Gasteiger partial charge on any atom is 0.344 e. The second kappa shape index (κ2) is 13.7. The van der Waals surface area contributed by atoms with Crippen LogP contribution in [0.3, 0.4) is 0 Å². The molecule has 2 aromatic rings. The summed E-state index contributed by atoms with van der Waals surface area (Å²) in [6.45, 7) is 7.36. The normalized spacial score (nSPS) is 11.7. The molecule has 10 heteroatoms. The summed E-state index contributed by atoms with van der Waals surface area (Å²) in [7, 11) is 1.48. The zero-order valence-corrected chi connectivity index (χ0v) is 22.5. The van der Waals surface area contributed by atoms with Crippen LogP contribution in [0, 0.1) is 16.4 Å². The standard InChI is InChI=1S/C25H30IN3O6/c1-6-34-21(30)14-35-23-19(26)11-17(12-20(23)33-5)13-27-29-25(32)22(15(2)3)28-24(31)18-9-7-16(4)8-10-18/h7-13,15,22H,6,14H2,1-5H3,(H,28,31)(H,29,32)/b27-13+. The van der Waals surface area contributed by atoms with E-state index in [0.717, 1.165) is 5.56 Å². The lowest BCUT2D eigenvalue weighted by atomic mass is 10.0. The lowest BCUT2D eigenvalue weighted by Crippen LogP contribution is -2.48. The Morgan fingerprint density at radius 1 is 1.14 bits per heavy atom. The molecule has 0 heterocycles. The molecule has 0 bridgehead atoms. The van der Waals surface area contributed by atoms with Gasteiger partial charge in [-0.2, -0.15) is 5.10 Å². The summed E-state index contributed by atoms with van der Waals surface area (Å²) in [5.41, 5.74) is 4.64. The first-order valence-corrected chi connectivity index (χ1v) is 12.1. The van der Waals surface area contributed by atoms with Crippen molar-refractivity contribution in [2.24, 2.45) is 11.0 Å². The Labute approximate surface area is 218 Å². The first-order chi connectivity index (χ1) is 16.7. The van der Waals surface area contributed by atoms with Crippen molar-refractivity contribution >= 4 is 46.6 Å². The van der Waals surface area contributed by atoms with Crippen molar-refractivity contribution in [1.82, 2.24) is 10.7 Å². The second-order valence-electron chi connectivity index (χ2n) is 7.92. The van der Waals surface area contributed by atoms with Crippen LogP contribution in [-0.4, -0.2) is 50.4 Å². The summed E-state index contributed by atoms with van der Waals surface area (Å²) in [4.78, 5) is 36.9. The molecule has 2 N–H and O–H groups in total. The Morgan fingerprint density at radius 2 is 1.83 bits per heavy atom. The molecule has 0 saturated carbocycles. The van der Waals surface area contributed by atoms with Gasteiger partial charge in [0.2, 0.25) is 0 Å². The number of ether oxygens (including phenoxy) is 3. The van der Waals surface area contributed by atoms with Crippen LogP contribution in [0.5, 0.6) is 11.5 Å². The average molecular weight is 595 g/mol. The predicted octanol–water partition coefficient (Wildman–Crippen LogP) is 3.45. The van der Waals surface area contributed by atoms with E-state index in [4.69, 9.17) is 14.2 Å². The van der Waals surface area contributed by atoms with Gasteiger partial charge in [0.25, 0.3) is 11.8 Å². The maximum absolute atomic E-state index is 12.7. The molecule has 0 aromatic heterocycles. The topological polar surface area (TPSA) is 115 Å². The molecule has 2 aromatic carbocycles. The third kappa shape index (κ3) is 8.53. The van der Waals surface area contributed by atoms with E-state index in [0.29, 0.717) is 26.2 Å². The van der Waals surface area contributed by atoms with Crippen LogP contribution in [0.15, 0.2) is 41.5 Å². The number of aryl methyl sites for hydroxylation is 1. The number of nitrogens with zero attached hydrogens (tertiary/aromatic N) is 1. The minimum absolute atomic E-state index is 0.156. The van der Waals surface area contributed by atoms with Crippen molar-refractivity contribution < 1.29 is 28.6 Å². The molecule has 0 fully saturated rings. The molecule has 35 heavy (non-hydrogen) atoms. The maximum atomic E-state index is 12.7. The number of hydrogen-bond acceptors (Lipinski definition) is 7. The Morgan fingerprint density at radius 3 is 2.43 bits per heavy atom. The smallest absolute Gasteiger partial charge is 0.344 e. The van der Waals surface area contributed by atoms with Gasteiger partial charge < -0.3 is 19.5 Å². The monoisotopic (exact) mass is 595 g/mol. The van der Waals surface area contributed by atoms with Crippen LogP contribution in [0.2, 0.25) is 0 Å². The molecule has 1 atom stereocenters. The van der Waals surface area contributed by atoms with Crippen molar-refractivity contribution in [2.75, 3.05) is 20.3 Å². The van der Waals surface area contributed by atoms with Crippen molar-refractivity contribution in [3.63, 3.8) is 0 Å². The number of amides is 2. The van der Waals surface area contributed by atoms with E-state index >= 15 is 0 Å². The van der Waals surface area contributed by atoms with E-state index < -0.39 is 17.9 Å². The Hall–Kier alpha value is -3.15. The minimum Gasteiger partial charge on any atom is -0.493 e. The Kier molecular flexibility index (Phi) is 11.0. The lowest BCUT2D eigenvalue weighted by Gasteiger charge is -2.20. The van der Waals surface area contributed by atoms with Gasteiger partial charge in [-0.15, -0.1) is 0 Å². The van der Waals surface area contributed by atoms with Gasteiger partial charge in [0.05, 0.1) is 23.5 Å². The zero-order valence-electron chi connectivity index (χ0n) is 20.4. The highest BCUT2D eigenvalue weighted by Gasteiger charge is 2.24. The zero-order chi connectivity index (χ0) is 26.0. The third-order valence-corrected chi connectivity index (χ3v) is 5.63. The summed E-state index contributed by atoms with van der Waals surface area (Å²) in [6.07, 6.45) is 1.46. The van der Waals surface area contributed by atoms with Gasteiger partial charge in [0.1, 0.15) is 6.04 Å². The first kappa shape index (κ1) is 28.1. The second-order valence-corrected chi connectivity index (χ2v) is 9.09. The summed E-state index contributed by atoms with van der Waals surface area (Å²) in [5, 5.41) is 6.80. The van der Waals surface area contributed by atoms with E-state index in [9.17, 15) is 14.4 Å². The number of hydrazone groups is 1. The molecule has 0 aliphatic heterocycles. The average Bonchev–Trinajstić information content (AvgIpc) is 2.81. The van der Waals surface area contributed by atoms with Crippen LogP contribution in [0.1, 0.15) is 42.3 Å². The number of benzene rings is 2. The fourth-order valence-electron chi connectivity index (χ4n) is 2.99. The van der Waals surface area contributed by atoms with Gasteiger partial charge in [0.15, 0.2) is 18.1 Å². The van der Waals surface area contributed by atoms with Crippen molar-refractivity contribution in [2.45, 2.75) is 33.7 Å². The first-order valence-electron chi connectivity index (χ1n) is 11.0. The number of hydrogen-bond donors (Lipinski definition) is 2. The minimum atomic E-state index is -0.769.